The number of carbonyl (C=O) groups excluding carboxylic acids is 2. The van der Waals surface area contributed by atoms with Crippen molar-refractivity contribution in [2.75, 3.05) is 46.0 Å². The van der Waals surface area contributed by atoms with Crippen LogP contribution in [0, 0.1) is 0 Å². The van der Waals surface area contributed by atoms with Crippen molar-refractivity contribution in [3.05, 3.63) is 35.5 Å². The van der Waals surface area contributed by atoms with Crippen LogP contribution < -0.4 is 10.1 Å². The van der Waals surface area contributed by atoms with Crippen molar-refractivity contribution in [2.45, 2.75) is 0 Å². The van der Waals surface area contributed by atoms with Gasteiger partial charge in [-0.05, 0) is 12.1 Å². The van der Waals surface area contributed by atoms with E-state index >= 15 is 0 Å². The second-order valence-corrected chi connectivity index (χ2v) is 4.97. The van der Waals surface area contributed by atoms with E-state index in [-0.39, 0.29) is 43.7 Å². The highest BCUT2D eigenvalue weighted by molar-refractivity contribution is 6.08. The van der Waals surface area contributed by atoms with Crippen LogP contribution in [0.25, 0.3) is 0 Å². The second kappa shape index (κ2) is 8.32. The van der Waals surface area contributed by atoms with Crippen LogP contribution in [0.5, 0.6) is 5.75 Å². The van der Waals surface area contributed by atoms with Gasteiger partial charge in [0.05, 0.1) is 31.5 Å². The number of anilines is 1. The molecule has 0 bridgehead atoms. The van der Waals surface area contributed by atoms with E-state index in [0.717, 1.165) is 0 Å². The number of methoxy groups -OCH3 is 2. The van der Waals surface area contributed by atoms with Crippen molar-refractivity contribution < 1.29 is 28.9 Å². The van der Waals surface area contributed by atoms with Crippen LogP contribution in [0.1, 0.15) is 0 Å². The lowest BCUT2D eigenvalue weighted by Gasteiger charge is -2.16. The highest BCUT2D eigenvalue weighted by Gasteiger charge is 2.34. The summed E-state index contributed by atoms with van der Waals surface area (Å²) >= 11 is 0. The largest absolute Gasteiger partial charge is 0.466 e. The minimum absolute atomic E-state index is 0.0478. The number of para-hydroxylation sites is 2. The number of aliphatic hydroxyl groups is 1. The lowest BCUT2D eigenvalue weighted by atomic mass is 10.2. The number of aliphatic hydroxyl groups excluding tert-OH is 1. The SMILES string of the molecule is COCOc1ccccc1NC1=C(C(=O)OC)CN(CCO)C1=O. The van der Waals surface area contributed by atoms with Gasteiger partial charge in [-0.25, -0.2) is 4.79 Å². The predicted molar refractivity (Wildman–Crippen MR) is 85.3 cm³/mol. The fourth-order valence-corrected chi connectivity index (χ4v) is 2.30. The van der Waals surface area contributed by atoms with Crippen LogP contribution >= 0.6 is 0 Å². The van der Waals surface area contributed by atoms with E-state index in [4.69, 9.17) is 19.3 Å². The van der Waals surface area contributed by atoms with Crippen LogP contribution in [0.15, 0.2) is 35.5 Å². The monoisotopic (exact) mass is 336 g/mol. The number of nitrogens with one attached hydrogen (secondary N) is 1. The Balaban J connectivity index is 2.30. The zero-order valence-corrected chi connectivity index (χ0v) is 13.6. The third-order valence-electron chi connectivity index (χ3n) is 3.43. The van der Waals surface area contributed by atoms with Crippen molar-refractivity contribution in [1.29, 1.82) is 0 Å². The van der Waals surface area contributed by atoms with Gasteiger partial charge in [0.1, 0.15) is 11.4 Å². The van der Waals surface area contributed by atoms with E-state index in [1.54, 1.807) is 24.3 Å². The maximum absolute atomic E-state index is 12.5. The predicted octanol–water partition coefficient (Wildman–Crippen LogP) is 0.343. The molecule has 0 aromatic heterocycles. The Kier molecular flexibility index (Phi) is 6.16. The Morgan fingerprint density at radius 1 is 1.33 bits per heavy atom. The van der Waals surface area contributed by atoms with Crippen LogP contribution in [0.4, 0.5) is 5.69 Å². The summed E-state index contributed by atoms with van der Waals surface area (Å²) in [4.78, 5) is 25.8. The molecule has 0 unspecified atom stereocenters. The molecule has 0 radical (unpaired) electrons. The normalized spacial score (nSPS) is 14.1. The van der Waals surface area contributed by atoms with Gasteiger partial charge in [0, 0.05) is 13.7 Å². The molecule has 0 saturated heterocycles. The molecule has 8 heteroatoms. The summed E-state index contributed by atoms with van der Waals surface area (Å²) in [6, 6.07) is 6.98. The first-order chi connectivity index (χ1) is 11.6. The van der Waals surface area contributed by atoms with Crippen LogP contribution in [0.3, 0.4) is 0 Å². The minimum atomic E-state index is -0.596. The average molecular weight is 336 g/mol. The standard InChI is InChI=1S/C16H20N2O6/c1-22-10-24-13-6-4-3-5-12(13)17-14-11(16(21)23-2)9-18(7-8-19)15(14)20/h3-6,17,19H,7-10H2,1-2H3. The van der Waals surface area contributed by atoms with E-state index < -0.39 is 5.97 Å². The summed E-state index contributed by atoms with van der Waals surface area (Å²) in [6.07, 6.45) is 0. The van der Waals surface area contributed by atoms with Crippen molar-refractivity contribution in [2.24, 2.45) is 0 Å². The molecule has 1 heterocycles. The molecular weight excluding hydrogens is 316 g/mol. The lowest BCUT2D eigenvalue weighted by Crippen LogP contribution is -2.31. The first-order valence-electron chi connectivity index (χ1n) is 7.31. The van der Waals surface area contributed by atoms with E-state index in [1.165, 1.54) is 19.1 Å². The quantitative estimate of drug-likeness (QED) is 0.522. The number of amides is 1. The van der Waals surface area contributed by atoms with E-state index in [2.05, 4.69) is 5.32 Å². The molecule has 0 fully saturated rings. The third kappa shape index (κ3) is 3.84. The molecular formula is C16H20N2O6. The number of ether oxygens (including phenoxy) is 3. The Bertz CT molecular complexity index is 643. The molecule has 1 aliphatic rings. The third-order valence-corrected chi connectivity index (χ3v) is 3.43. The molecule has 24 heavy (non-hydrogen) atoms. The molecule has 1 aromatic carbocycles. The zero-order chi connectivity index (χ0) is 17.5. The van der Waals surface area contributed by atoms with Gasteiger partial charge in [-0.15, -0.1) is 0 Å². The van der Waals surface area contributed by atoms with Gasteiger partial charge in [-0.2, -0.15) is 0 Å². The van der Waals surface area contributed by atoms with Crippen LogP contribution in [-0.4, -0.2) is 62.6 Å². The summed E-state index contributed by atoms with van der Waals surface area (Å²) in [5.41, 5.74) is 0.839. The van der Waals surface area contributed by atoms with Gasteiger partial charge in [-0.3, -0.25) is 4.79 Å². The molecule has 0 atom stereocenters. The van der Waals surface area contributed by atoms with E-state index in [0.29, 0.717) is 11.4 Å². The number of benzene rings is 1. The molecule has 2 N–H and O–H groups in total. The topological polar surface area (TPSA) is 97.3 Å². The van der Waals surface area contributed by atoms with Crippen molar-refractivity contribution in [3.63, 3.8) is 0 Å². The first-order valence-corrected chi connectivity index (χ1v) is 7.31. The molecule has 1 amide bonds. The van der Waals surface area contributed by atoms with Gasteiger partial charge < -0.3 is 29.5 Å². The fourth-order valence-electron chi connectivity index (χ4n) is 2.30. The molecule has 0 spiro atoms. The maximum atomic E-state index is 12.5. The van der Waals surface area contributed by atoms with Crippen molar-refractivity contribution in [3.8, 4) is 5.75 Å². The number of hydrogen-bond acceptors (Lipinski definition) is 7. The summed E-state index contributed by atoms with van der Waals surface area (Å²) in [7, 11) is 2.75. The minimum Gasteiger partial charge on any atom is -0.466 e. The Morgan fingerprint density at radius 2 is 2.08 bits per heavy atom. The Labute approximate surface area is 139 Å². The smallest absolute Gasteiger partial charge is 0.337 e. The van der Waals surface area contributed by atoms with Gasteiger partial charge >= 0.3 is 5.97 Å². The van der Waals surface area contributed by atoms with Crippen LogP contribution in [0.2, 0.25) is 0 Å². The number of rotatable bonds is 8. The Hall–Kier alpha value is -2.58. The fraction of sp³-hybridized carbons (Fsp3) is 0.375. The van der Waals surface area contributed by atoms with Crippen molar-refractivity contribution >= 4 is 17.6 Å². The van der Waals surface area contributed by atoms with Crippen LogP contribution in [-0.2, 0) is 19.1 Å². The highest BCUT2D eigenvalue weighted by atomic mass is 16.7. The molecule has 0 aliphatic carbocycles. The average Bonchev–Trinajstić information content (AvgIpc) is 2.90. The summed E-state index contributed by atoms with van der Waals surface area (Å²) in [5.74, 6) is -0.503. The van der Waals surface area contributed by atoms with E-state index in [1.807, 2.05) is 0 Å². The molecule has 2 rings (SSSR count). The molecule has 8 nitrogen and oxygen atoms in total. The van der Waals surface area contributed by atoms with Gasteiger partial charge in [0.2, 0.25) is 0 Å². The van der Waals surface area contributed by atoms with Gasteiger partial charge in [-0.1, -0.05) is 12.1 Å². The Morgan fingerprint density at radius 3 is 2.75 bits per heavy atom. The summed E-state index contributed by atoms with van der Waals surface area (Å²) < 4.78 is 15.1. The number of carbonyl (C=O) groups is 2. The van der Waals surface area contributed by atoms with Gasteiger partial charge in [0.15, 0.2) is 6.79 Å². The molecule has 1 aliphatic heterocycles. The summed E-state index contributed by atoms with van der Waals surface area (Å²) in [6.45, 7) is 0.0645. The number of β-amino-alcohol motifs (C(OH)–C–C–N with tert-alkyl or cyclic N) is 1. The number of nitrogens with zero attached hydrogens (tertiary/aromatic N) is 1. The van der Waals surface area contributed by atoms with Crippen molar-refractivity contribution in [1.82, 2.24) is 4.90 Å². The second-order valence-electron chi connectivity index (χ2n) is 4.97. The van der Waals surface area contributed by atoms with Gasteiger partial charge in [0.25, 0.3) is 5.91 Å². The molecule has 1 aromatic rings. The first kappa shape index (κ1) is 17.8. The number of hydrogen-bond donors (Lipinski definition) is 2. The molecule has 0 saturated carbocycles. The lowest BCUT2D eigenvalue weighted by molar-refractivity contribution is -0.136. The van der Waals surface area contributed by atoms with E-state index in [9.17, 15) is 9.59 Å². The zero-order valence-electron chi connectivity index (χ0n) is 13.6. The maximum Gasteiger partial charge on any atom is 0.337 e. The number of esters is 1. The summed E-state index contributed by atoms with van der Waals surface area (Å²) in [5, 5.41) is 12.0. The highest BCUT2D eigenvalue weighted by Crippen LogP contribution is 2.29. The molecule has 130 valence electrons.